The van der Waals surface area contributed by atoms with Gasteiger partial charge in [0.1, 0.15) is 0 Å². The van der Waals surface area contributed by atoms with Crippen LogP contribution in [0.2, 0.25) is 0 Å². The summed E-state index contributed by atoms with van der Waals surface area (Å²) in [6.45, 7) is 9.90. The summed E-state index contributed by atoms with van der Waals surface area (Å²) in [4.78, 5) is 4.31. The van der Waals surface area contributed by atoms with E-state index in [2.05, 4.69) is 25.4 Å². The number of allylic oxidation sites excluding steroid dienone is 1. The van der Waals surface area contributed by atoms with E-state index < -0.39 is 6.10 Å². The lowest BCUT2D eigenvalue weighted by Gasteiger charge is -2.36. The Bertz CT molecular complexity index is 586. The quantitative estimate of drug-likeness (QED) is 0.820. The van der Waals surface area contributed by atoms with Gasteiger partial charge in [0.25, 0.3) is 0 Å². The molecule has 0 saturated heterocycles. The molecule has 0 saturated carbocycles. The average Bonchev–Trinajstić information content (AvgIpc) is 2.86. The van der Waals surface area contributed by atoms with Gasteiger partial charge in [0.15, 0.2) is 0 Å². The van der Waals surface area contributed by atoms with Crippen molar-refractivity contribution >= 4 is 0 Å². The van der Waals surface area contributed by atoms with Crippen molar-refractivity contribution in [2.24, 2.45) is 5.41 Å². The van der Waals surface area contributed by atoms with E-state index in [4.69, 9.17) is 0 Å². The Labute approximate surface area is 127 Å². The van der Waals surface area contributed by atoms with Crippen molar-refractivity contribution in [2.75, 3.05) is 0 Å². The van der Waals surface area contributed by atoms with Crippen molar-refractivity contribution in [1.29, 1.82) is 0 Å². The van der Waals surface area contributed by atoms with Gasteiger partial charge in [-0.25, -0.2) is 4.98 Å². The van der Waals surface area contributed by atoms with Crippen LogP contribution in [0.25, 0.3) is 0 Å². The molecule has 2 unspecified atom stereocenters. The molecule has 0 aliphatic heterocycles. The Morgan fingerprint density at radius 2 is 2.00 bits per heavy atom. The summed E-state index contributed by atoms with van der Waals surface area (Å²) in [6, 6.07) is 9.93. The van der Waals surface area contributed by atoms with Crippen LogP contribution in [0, 0.1) is 12.3 Å². The lowest BCUT2D eigenvalue weighted by Crippen LogP contribution is -2.37. The van der Waals surface area contributed by atoms with Gasteiger partial charge in [-0.15, -0.1) is 6.58 Å². The summed E-state index contributed by atoms with van der Waals surface area (Å²) in [5, 5.41) is 11.0. The zero-order chi connectivity index (χ0) is 15.5. The highest BCUT2D eigenvalue weighted by molar-refractivity contribution is 5.22. The number of hydrogen-bond acceptors (Lipinski definition) is 2. The molecule has 1 heterocycles. The molecule has 0 spiro atoms. The Morgan fingerprint density at radius 3 is 2.52 bits per heavy atom. The minimum Gasteiger partial charge on any atom is -0.390 e. The van der Waals surface area contributed by atoms with Gasteiger partial charge in [-0.2, -0.15) is 0 Å². The zero-order valence-electron chi connectivity index (χ0n) is 13.0. The van der Waals surface area contributed by atoms with Gasteiger partial charge in [0, 0.05) is 6.20 Å². The molecule has 0 amide bonds. The summed E-state index contributed by atoms with van der Waals surface area (Å²) in [7, 11) is 0. The third-order valence-electron chi connectivity index (χ3n) is 3.96. The number of aliphatic hydroxyl groups is 1. The highest BCUT2D eigenvalue weighted by atomic mass is 16.3. The standard InChI is InChI=1S/C18H24N2O/c1-5-11-18(3,4)17(21)16(15-9-7-6-8-10-15)20-12-14(2)19-13-20/h5-10,12-13,16-17,21H,1,11H2,2-4H3. The van der Waals surface area contributed by atoms with Crippen LogP contribution in [-0.2, 0) is 0 Å². The van der Waals surface area contributed by atoms with Crippen molar-refractivity contribution in [2.45, 2.75) is 39.3 Å². The second-order valence-corrected chi connectivity index (χ2v) is 6.24. The highest BCUT2D eigenvalue weighted by Crippen LogP contribution is 2.36. The van der Waals surface area contributed by atoms with E-state index in [1.165, 1.54) is 0 Å². The van der Waals surface area contributed by atoms with Crippen LogP contribution >= 0.6 is 0 Å². The Hall–Kier alpha value is -1.87. The van der Waals surface area contributed by atoms with Crippen LogP contribution in [0.1, 0.15) is 37.6 Å². The van der Waals surface area contributed by atoms with Crippen LogP contribution in [0.15, 0.2) is 55.5 Å². The van der Waals surface area contributed by atoms with E-state index in [9.17, 15) is 5.11 Å². The summed E-state index contributed by atoms with van der Waals surface area (Å²) in [5.74, 6) is 0. The van der Waals surface area contributed by atoms with Crippen molar-refractivity contribution in [3.63, 3.8) is 0 Å². The summed E-state index contributed by atoms with van der Waals surface area (Å²) >= 11 is 0. The van der Waals surface area contributed by atoms with E-state index in [1.54, 1.807) is 6.33 Å². The van der Waals surface area contributed by atoms with Crippen molar-refractivity contribution in [3.05, 3.63) is 66.8 Å². The molecule has 2 aromatic rings. The predicted octanol–water partition coefficient (Wildman–Crippen LogP) is 3.74. The van der Waals surface area contributed by atoms with Crippen molar-refractivity contribution in [3.8, 4) is 0 Å². The topological polar surface area (TPSA) is 38.0 Å². The number of hydrogen-bond donors (Lipinski definition) is 1. The number of imidazole rings is 1. The van der Waals surface area contributed by atoms with E-state index >= 15 is 0 Å². The SMILES string of the molecule is C=CCC(C)(C)C(O)C(c1ccccc1)n1cnc(C)c1. The van der Waals surface area contributed by atoms with Crippen LogP contribution in [-0.4, -0.2) is 20.8 Å². The van der Waals surface area contributed by atoms with Crippen LogP contribution in [0.5, 0.6) is 0 Å². The molecule has 0 aliphatic rings. The first-order chi connectivity index (χ1) is 9.95. The molecule has 0 aliphatic carbocycles. The third kappa shape index (κ3) is 3.42. The van der Waals surface area contributed by atoms with Gasteiger partial charge in [0.2, 0.25) is 0 Å². The molecule has 1 aromatic carbocycles. The lowest BCUT2D eigenvalue weighted by molar-refractivity contribution is 0.0202. The molecule has 2 rings (SSSR count). The van der Waals surface area contributed by atoms with Crippen LogP contribution in [0.4, 0.5) is 0 Å². The molecule has 2 atom stereocenters. The second kappa shape index (κ2) is 6.27. The summed E-state index contributed by atoms with van der Waals surface area (Å²) in [6.07, 6.45) is 5.85. The normalized spacial score (nSPS) is 14.7. The van der Waals surface area contributed by atoms with Crippen molar-refractivity contribution in [1.82, 2.24) is 9.55 Å². The van der Waals surface area contributed by atoms with E-state index in [1.807, 2.05) is 54.1 Å². The van der Waals surface area contributed by atoms with Gasteiger partial charge < -0.3 is 9.67 Å². The van der Waals surface area contributed by atoms with E-state index in [-0.39, 0.29) is 11.5 Å². The first kappa shape index (κ1) is 15.5. The smallest absolute Gasteiger partial charge is 0.0955 e. The predicted molar refractivity (Wildman–Crippen MR) is 86.1 cm³/mol. The molecule has 0 fully saturated rings. The lowest BCUT2D eigenvalue weighted by atomic mass is 9.78. The highest BCUT2D eigenvalue weighted by Gasteiger charge is 2.35. The summed E-state index contributed by atoms with van der Waals surface area (Å²) in [5.41, 5.74) is 1.77. The molecule has 21 heavy (non-hydrogen) atoms. The van der Waals surface area contributed by atoms with E-state index in [0.29, 0.717) is 0 Å². The molecule has 112 valence electrons. The fraction of sp³-hybridized carbons (Fsp3) is 0.389. The molecule has 1 aromatic heterocycles. The molecule has 0 radical (unpaired) electrons. The number of nitrogens with zero attached hydrogens (tertiary/aromatic N) is 2. The number of aliphatic hydroxyl groups excluding tert-OH is 1. The van der Waals surface area contributed by atoms with E-state index in [0.717, 1.165) is 17.7 Å². The number of aryl methyl sites for hydroxylation is 1. The van der Waals surface area contributed by atoms with Gasteiger partial charge in [0.05, 0.1) is 24.2 Å². The maximum Gasteiger partial charge on any atom is 0.0955 e. The minimum atomic E-state index is -0.536. The monoisotopic (exact) mass is 284 g/mol. The first-order valence-electron chi connectivity index (χ1n) is 7.29. The molecule has 1 N–H and O–H groups in total. The Balaban J connectivity index is 2.44. The van der Waals surface area contributed by atoms with Crippen LogP contribution in [0.3, 0.4) is 0 Å². The van der Waals surface area contributed by atoms with Crippen molar-refractivity contribution < 1.29 is 5.11 Å². The number of aromatic nitrogens is 2. The molecule has 3 nitrogen and oxygen atoms in total. The molecule has 3 heteroatoms. The largest absolute Gasteiger partial charge is 0.390 e. The fourth-order valence-corrected chi connectivity index (χ4v) is 2.68. The molecular formula is C18H24N2O. The molecule has 0 bridgehead atoms. The third-order valence-corrected chi connectivity index (χ3v) is 3.96. The maximum absolute atomic E-state index is 11.0. The first-order valence-corrected chi connectivity index (χ1v) is 7.29. The zero-order valence-corrected chi connectivity index (χ0v) is 13.0. The van der Waals surface area contributed by atoms with Crippen LogP contribution < -0.4 is 0 Å². The van der Waals surface area contributed by atoms with Gasteiger partial charge >= 0.3 is 0 Å². The Kier molecular flexibility index (Phi) is 4.63. The van der Waals surface area contributed by atoms with Gasteiger partial charge in [-0.1, -0.05) is 50.3 Å². The minimum absolute atomic E-state index is 0.151. The second-order valence-electron chi connectivity index (χ2n) is 6.24. The average molecular weight is 284 g/mol. The molecular weight excluding hydrogens is 260 g/mol. The summed E-state index contributed by atoms with van der Waals surface area (Å²) < 4.78 is 2.00. The maximum atomic E-state index is 11.0. The van der Waals surface area contributed by atoms with Gasteiger partial charge in [-0.3, -0.25) is 0 Å². The number of benzene rings is 1. The Morgan fingerprint density at radius 1 is 1.33 bits per heavy atom. The van der Waals surface area contributed by atoms with Gasteiger partial charge in [-0.05, 0) is 24.3 Å². The fourth-order valence-electron chi connectivity index (χ4n) is 2.68. The number of rotatable bonds is 6.